The van der Waals surface area contributed by atoms with Crippen molar-refractivity contribution in [1.82, 2.24) is 9.78 Å². The maximum atomic E-state index is 13.3. The van der Waals surface area contributed by atoms with Gasteiger partial charge in [0, 0.05) is 17.2 Å². The number of aromatic nitrogens is 2. The summed E-state index contributed by atoms with van der Waals surface area (Å²) in [6.07, 6.45) is -6.27. The number of ether oxygens (including phenoxy) is 1. The number of aryl methyl sites for hydroxylation is 1. The van der Waals surface area contributed by atoms with Crippen molar-refractivity contribution in [2.75, 3.05) is 5.32 Å². The van der Waals surface area contributed by atoms with Gasteiger partial charge in [-0.2, -0.15) is 5.10 Å². The standard InChI is InChI=1S/C21H17ClF4N4O4/c1-10-5-12(22)3-4-18(10)34-15-7-13(6-14(8-15)30(32)33)27-21(31)11(2)29-17(20(25)26)9-16(28-29)19(23)24/h3-9,11,19-20H,1-2H3,(H,27,31). The summed E-state index contributed by atoms with van der Waals surface area (Å²) in [5.41, 5.74) is -1.61. The lowest BCUT2D eigenvalue weighted by molar-refractivity contribution is -0.384. The molecule has 0 saturated carbocycles. The number of rotatable bonds is 8. The third-order valence-electron chi connectivity index (χ3n) is 4.71. The Labute approximate surface area is 195 Å². The molecule has 0 bridgehead atoms. The molecule has 0 spiro atoms. The van der Waals surface area contributed by atoms with Crippen LogP contribution in [0.5, 0.6) is 11.5 Å². The Morgan fingerprint density at radius 2 is 1.85 bits per heavy atom. The van der Waals surface area contributed by atoms with Gasteiger partial charge in [0.2, 0.25) is 5.91 Å². The second-order valence-corrected chi connectivity index (χ2v) is 7.63. The van der Waals surface area contributed by atoms with Crippen molar-refractivity contribution in [3.63, 3.8) is 0 Å². The van der Waals surface area contributed by atoms with Gasteiger partial charge in [-0.3, -0.25) is 19.6 Å². The number of amides is 1. The van der Waals surface area contributed by atoms with E-state index in [2.05, 4.69) is 10.4 Å². The van der Waals surface area contributed by atoms with Crippen LogP contribution in [0.3, 0.4) is 0 Å². The van der Waals surface area contributed by atoms with E-state index in [1.165, 1.54) is 13.0 Å². The smallest absolute Gasteiger partial charge is 0.282 e. The SMILES string of the molecule is Cc1cc(Cl)ccc1Oc1cc(NC(=O)C(C)n2nc(C(F)F)cc2C(F)F)cc([N+](=O)[O-])c1. The number of benzene rings is 2. The maximum Gasteiger partial charge on any atom is 0.282 e. The molecule has 3 rings (SSSR count). The lowest BCUT2D eigenvalue weighted by Crippen LogP contribution is -2.26. The maximum absolute atomic E-state index is 13.3. The van der Waals surface area contributed by atoms with Crippen molar-refractivity contribution in [1.29, 1.82) is 0 Å². The minimum atomic E-state index is -3.16. The molecule has 1 heterocycles. The number of nitro benzene ring substituents is 1. The predicted octanol–water partition coefficient (Wildman–Crippen LogP) is 6.62. The Hall–Kier alpha value is -3.67. The van der Waals surface area contributed by atoms with Crippen LogP contribution in [0.25, 0.3) is 0 Å². The van der Waals surface area contributed by atoms with Crippen LogP contribution in [-0.2, 0) is 4.79 Å². The van der Waals surface area contributed by atoms with E-state index in [4.69, 9.17) is 16.3 Å². The van der Waals surface area contributed by atoms with Gasteiger partial charge in [0.1, 0.15) is 28.9 Å². The highest BCUT2D eigenvalue weighted by molar-refractivity contribution is 6.30. The molecule has 1 atom stereocenters. The normalized spacial score (nSPS) is 12.1. The number of hydrogen-bond donors (Lipinski definition) is 1. The van der Waals surface area contributed by atoms with E-state index in [-0.39, 0.29) is 11.4 Å². The topological polar surface area (TPSA) is 99.3 Å². The molecule has 34 heavy (non-hydrogen) atoms. The first kappa shape index (κ1) is 25.0. The van der Waals surface area contributed by atoms with Crippen molar-refractivity contribution in [2.45, 2.75) is 32.7 Å². The molecule has 13 heteroatoms. The van der Waals surface area contributed by atoms with Crippen molar-refractivity contribution in [2.24, 2.45) is 0 Å². The molecule has 1 N–H and O–H groups in total. The van der Waals surface area contributed by atoms with Gasteiger partial charge >= 0.3 is 0 Å². The van der Waals surface area contributed by atoms with Crippen LogP contribution in [0.15, 0.2) is 42.5 Å². The summed E-state index contributed by atoms with van der Waals surface area (Å²) in [7, 11) is 0. The van der Waals surface area contributed by atoms with Gasteiger partial charge < -0.3 is 10.1 Å². The van der Waals surface area contributed by atoms with E-state index < -0.39 is 46.8 Å². The fourth-order valence-corrected chi connectivity index (χ4v) is 3.27. The third-order valence-corrected chi connectivity index (χ3v) is 4.95. The lowest BCUT2D eigenvalue weighted by atomic mass is 10.2. The second kappa shape index (κ2) is 10.1. The number of nitrogens with one attached hydrogen (secondary N) is 1. The Morgan fingerprint density at radius 3 is 2.44 bits per heavy atom. The zero-order chi connectivity index (χ0) is 25.2. The van der Waals surface area contributed by atoms with E-state index in [1.807, 2.05) is 0 Å². The van der Waals surface area contributed by atoms with E-state index in [0.29, 0.717) is 27.1 Å². The minimum absolute atomic E-state index is 0.00919. The number of hydrogen-bond acceptors (Lipinski definition) is 5. The van der Waals surface area contributed by atoms with E-state index in [9.17, 15) is 32.5 Å². The first-order valence-electron chi connectivity index (χ1n) is 9.66. The number of non-ortho nitro benzene ring substituents is 1. The molecular weight excluding hydrogens is 484 g/mol. The van der Waals surface area contributed by atoms with Crippen molar-refractivity contribution in [3.8, 4) is 11.5 Å². The number of nitrogens with zero attached hydrogens (tertiary/aromatic N) is 3. The molecule has 0 aliphatic heterocycles. The van der Waals surface area contributed by atoms with E-state index in [1.54, 1.807) is 25.1 Å². The molecule has 1 aromatic heterocycles. The fourth-order valence-electron chi connectivity index (χ4n) is 3.04. The number of halogens is 5. The summed E-state index contributed by atoms with van der Waals surface area (Å²) in [4.78, 5) is 23.3. The van der Waals surface area contributed by atoms with E-state index in [0.717, 1.165) is 12.1 Å². The van der Waals surface area contributed by atoms with Crippen molar-refractivity contribution >= 4 is 28.9 Å². The number of carbonyl (C=O) groups is 1. The molecule has 2 aromatic carbocycles. The largest absolute Gasteiger partial charge is 0.457 e. The van der Waals surface area contributed by atoms with Gasteiger partial charge in [-0.05, 0) is 43.7 Å². The summed E-state index contributed by atoms with van der Waals surface area (Å²) in [6.45, 7) is 2.89. The van der Waals surface area contributed by atoms with Crippen LogP contribution in [0, 0.1) is 17.0 Å². The molecule has 0 aliphatic rings. The first-order valence-corrected chi connectivity index (χ1v) is 10.0. The highest BCUT2D eigenvalue weighted by atomic mass is 35.5. The zero-order valence-electron chi connectivity index (χ0n) is 17.6. The zero-order valence-corrected chi connectivity index (χ0v) is 18.4. The van der Waals surface area contributed by atoms with Gasteiger partial charge in [-0.1, -0.05) is 11.6 Å². The van der Waals surface area contributed by atoms with E-state index >= 15 is 0 Å². The molecule has 180 valence electrons. The van der Waals surface area contributed by atoms with Crippen molar-refractivity contribution < 1.29 is 32.0 Å². The molecule has 0 radical (unpaired) electrons. The minimum Gasteiger partial charge on any atom is -0.457 e. The molecule has 3 aromatic rings. The molecule has 0 aliphatic carbocycles. The van der Waals surface area contributed by atoms with Crippen LogP contribution in [0.1, 0.15) is 42.8 Å². The average Bonchev–Trinajstić information content (AvgIpc) is 3.21. The van der Waals surface area contributed by atoms with Gasteiger partial charge in [0.25, 0.3) is 18.5 Å². The quantitative estimate of drug-likeness (QED) is 0.213. The molecule has 0 saturated heterocycles. The number of nitro groups is 1. The third kappa shape index (κ3) is 5.63. The highest BCUT2D eigenvalue weighted by Crippen LogP contribution is 2.33. The second-order valence-electron chi connectivity index (χ2n) is 7.19. The summed E-state index contributed by atoms with van der Waals surface area (Å²) in [5, 5.41) is 17.6. The Balaban J connectivity index is 1.90. The van der Waals surface area contributed by atoms with Crippen molar-refractivity contribution in [3.05, 3.63) is 74.6 Å². The molecule has 0 fully saturated rings. The monoisotopic (exact) mass is 500 g/mol. The summed E-state index contributed by atoms with van der Waals surface area (Å²) >= 11 is 5.91. The van der Waals surface area contributed by atoms with Gasteiger partial charge in [0.05, 0.1) is 16.7 Å². The number of anilines is 1. The summed E-state index contributed by atoms with van der Waals surface area (Å²) < 4.78 is 58.6. The average molecular weight is 501 g/mol. The number of alkyl halides is 4. The van der Waals surface area contributed by atoms with Gasteiger partial charge in [-0.25, -0.2) is 17.6 Å². The summed E-state index contributed by atoms with van der Waals surface area (Å²) in [5.74, 6) is -0.553. The highest BCUT2D eigenvalue weighted by Gasteiger charge is 2.27. The van der Waals surface area contributed by atoms with Crippen LogP contribution < -0.4 is 10.1 Å². The molecule has 1 amide bonds. The number of carbonyl (C=O) groups excluding carboxylic acids is 1. The molecule has 8 nitrogen and oxygen atoms in total. The molecular formula is C21H17ClF4N4O4. The van der Waals surface area contributed by atoms with Gasteiger partial charge in [-0.15, -0.1) is 0 Å². The fraction of sp³-hybridized carbons (Fsp3) is 0.238. The van der Waals surface area contributed by atoms with Gasteiger partial charge in [0.15, 0.2) is 0 Å². The first-order chi connectivity index (χ1) is 16.0. The van der Waals surface area contributed by atoms with Crippen LogP contribution in [-0.4, -0.2) is 20.6 Å². The Kier molecular flexibility index (Phi) is 7.40. The van der Waals surface area contributed by atoms with Crippen LogP contribution in [0.4, 0.5) is 28.9 Å². The Bertz CT molecular complexity index is 1240. The predicted molar refractivity (Wildman–Crippen MR) is 115 cm³/mol. The van der Waals surface area contributed by atoms with Crippen LogP contribution >= 0.6 is 11.6 Å². The van der Waals surface area contributed by atoms with Crippen LogP contribution in [0.2, 0.25) is 5.02 Å². The summed E-state index contributed by atoms with van der Waals surface area (Å²) in [6, 6.07) is 7.28. The molecule has 1 unspecified atom stereocenters. The Morgan fingerprint density at radius 1 is 1.15 bits per heavy atom. The lowest BCUT2D eigenvalue weighted by Gasteiger charge is -2.16.